The molecule has 0 saturated carbocycles. The van der Waals surface area contributed by atoms with Gasteiger partial charge in [0, 0.05) is 26.3 Å². The van der Waals surface area contributed by atoms with Crippen LogP contribution in [0.5, 0.6) is 0 Å². The second-order valence-electron chi connectivity index (χ2n) is 8.51. The first-order valence-corrected chi connectivity index (χ1v) is 12.6. The number of aliphatic hydroxyl groups is 1. The van der Waals surface area contributed by atoms with Gasteiger partial charge < -0.3 is 20.1 Å². The van der Waals surface area contributed by atoms with E-state index in [9.17, 15) is 14.7 Å². The average molecular weight is 499 g/mol. The van der Waals surface area contributed by atoms with E-state index in [1.54, 1.807) is 6.07 Å². The summed E-state index contributed by atoms with van der Waals surface area (Å²) >= 11 is 11.9. The van der Waals surface area contributed by atoms with Crippen LogP contribution >= 0.6 is 23.2 Å². The Morgan fingerprint density at radius 1 is 1.21 bits per heavy atom. The first-order chi connectivity index (χ1) is 15.9. The van der Waals surface area contributed by atoms with Crippen LogP contribution in [0.3, 0.4) is 0 Å². The summed E-state index contributed by atoms with van der Waals surface area (Å²) in [5.74, 6) is -0.777. The first-order valence-electron chi connectivity index (χ1n) is 11.9. The van der Waals surface area contributed by atoms with Gasteiger partial charge in [-0.15, -0.1) is 0 Å². The van der Waals surface area contributed by atoms with E-state index in [1.807, 2.05) is 12.1 Å². The number of aryl methyl sites for hydroxylation is 1. The van der Waals surface area contributed by atoms with Crippen LogP contribution in [0.25, 0.3) is 0 Å². The van der Waals surface area contributed by atoms with Gasteiger partial charge in [-0.2, -0.15) is 0 Å². The standard InChI is InChI=1S/C25H36Cl2N2O4/c1-3-5-8-18(4-2)17-33-14-7-13-29-16-20(23(30)25(29)32)24(31)28-12-6-9-19-10-11-21(26)22(27)15-19/h10-11,15,18,30H,3-9,12-14,16-17H2,1-2H3,(H,28,31). The van der Waals surface area contributed by atoms with Crippen molar-refractivity contribution in [3.63, 3.8) is 0 Å². The van der Waals surface area contributed by atoms with E-state index < -0.39 is 17.6 Å². The molecular weight excluding hydrogens is 463 g/mol. The van der Waals surface area contributed by atoms with Crippen LogP contribution in [0, 0.1) is 5.92 Å². The molecule has 1 aliphatic rings. The van der Waals surface area contributed by atoms with Crippen molar-refractivity contribution >= 4 is 35.0 Å². The molecule has 1 aromatic rings. The molecule has 1 aromatic carbocycles. The van der Waals surface area contributed by atoms with E-state index >= 15 is 0 Å². The number of amides is 2. The second kappa shape index (κ2) is 14.5. The summed E-state index contributed by atoms with van der Waals surface area (Å²) in [4.78, 5) is 26.3. The van der Waals surface area contributed by atoms with Gasteiger partial charge in [-0.05, 0) is 49.3 Å². The molecule has 0 saturated heterocycles. The molecule has 0 bridgehead atoms. The summed E-state index contributed by atoms with van der Waals surface area (Å²) in [5, 5.41) is 13.9. The smallest absolute Gasteiger partial charge is 0.289 e. The number of nitrogens with one attached hydrogen (secondary N) is 1. The molecule has 0 aromatic heterocycles. The molecule has 1 aliphatic heterocycles. The molecule has 0 fully saturated rings. The van der Waals surface area contributed by atoms with Crippen molar-refractivity contribution in [1.82, 2.24) is 10.2 Å². The maximum Gasteiger partial charge on any atom is 0.289 e. The Morgan fingerprint density at radius 3 is 2.70 bits per heavy atom. The molecule has 2 amide bonds. The topological polar surface area (TPSA) is 78.9 Å². The fraction of sp³-hybridized carbons (Fsp3) is 0.600. The Kier molecular flexibility index (Phi) is 12.1. The lowest BCUT2D eigenvalue weighted by Gasteiger charge is -2.17. The SMILES string of the molecule is CCCCC(CC)COCCCN1CC(C(=O)NCCCc2ccc(Cl)c(Cl)c2)=C(O)C1=O. The Balaban J connectivity index is 1.67. The third kappa shape index (κ3) is 8.84. The van der Waals surface area contributed by atoms with Crippen molar-refractivity contribution in [1.29, 1.82) is 0 Å². The monoisotopic (exact) mass is 498 g/mol. The summed E-state index contributed by atoms with van der Waals surface area (Å²) in [6.45, 7) is 6.67. The number of halogens is 2. The highest BCUT2D eigenvalue weighted by atomic mass is 35.5. The quantitative estimate of drug-likeness (QED) is 0.320. The minimum Gasteiger partial charge on any atom is -0.503 e. The number of nitrogens with zero attached hydrogens (tertiary/aromatic N) is 1. The van der Waals surface area contributed by atoms with E-state index in [-0.39, 0.29) is 12.1 Å². The minimum absolute atomic E-state index is 0.122. The Hall–Kier alpha value is -1.76. The molecule has 8 heteroatoms. The van der Waals surface area contributed by atoms with Crippen molar-refractivity contribution in [2.45, 2.75) is 58.8 Å². The second-order valence-corrected chi connectivity index (χ2v) is 9.32. The van der Waals surface area contributed by atoms with Crippen LogP contribution in [0.2, 0.25) is 10.0 Å². The van der Waals surface area contributed by atoms with Gasteiger partial charge in [0.2, 0.25) is 0 Å². The number of carbonyl (C=O) groups is 2. The number of hydrogen-bond donors (Lipinski definition) is 2. The van der Waals surface area contributed by atoms with Crippen molar-refractivity contribution in [2.24, 2.45) is 5.92 Å². The van der Waals surface area contributed by atoms with E-state index in [2.05, 4.69) is 19.2 Å². The highest BCUT2D eigenvalue weighted by molar-refractivity contribution is 6.42. The minimum atomic E-state index is -0.495. The molecule has 33 heavy (non-hydrogen) atoms. The average Bonchev–Trinajstić information content (AvgIpc) is 3.09. The van der Waals surface area contributed by atoms with Crippen molar-refractivity contribution in [2.75, 3.05) is 32.8 Å². The summed E-state index contributed by atoms with van der Waals surface area (Å²) in [6.07, 6.45) is 6.79. The maximum atomic E-state index is 12.5. The van der Waals surface area contributed by atoms with Gasteiger partial charge in [0.1, 0.15) is 0 Å². The van der Waals surface area contributed by atoms with Crippen LogP contribution in [-0.4, -0.2) is 54.7 Å². The predicted molar refractivity (Wildman–Crippen MR) is 133 cm³/mol. The highest BCUT2D eigenvalue weighted by Gasteiger charge is 2.33. The molecule has 1 heterocycles. The molecule has 0 aliphatic carbocycles. The van der Waals surface area contributed by atoms with Crippen molar-refractivity contribution < 1.29 is 19.4 Å². The number of aliphatic hydroxyl groups excluding tert-OH is 1. The highest BCUT2D eigenvalue weighted by Crippen LogP contribution is 2.23. The van der Waals surface area contributed by atoms with Crippen LogP contribution < -0.4 is 5.32 Å². The number of ether oxygens (including phenoxy) is 1. The maximum absolute atomic E-state index is 12.5. The molecular formula is C25H36Cl2N2O4. The fourth-order valence-corrected chi connectivity index (χ4v) is 4.10. The summed E-state index contributed by atoms with van der Waals surface area (Å²) < 4.78 is 5.79. The molecule has 184 valence electrons. The lowest BCUT2D eigenvalue weighted by atomic mass is 10.0. The van der Waals surface area contributed by atoms with Gasteiger partial charge in [0.15, 0.2) is 5.76 Å². The predicted octanol–water partition coefficient (Wildman–Crippen LogP) is 5.32. The first kappa shape index (κ1) is 27.5. The molecule has 2 rings (SSSR count). The third-order valence-electron chi connectivity index (χ3n) is 5.92. The molecule has 2 N–H and O–H groups in total. The van der Waals surface area contributed by atoms with E-state index in [0.717, 1.165) is 25.0 Å². The molecule has 1 atom stereocenters. The summed E-state index contributed by atoms with van der Waals surface area (Å²) in [5.41, 5.74) is 1.15. The molecule has 0 spiro atoms. The summed E-state index contributed by atoms with van der Waals surface area (Å²) in [6, 6.07) is 5.46. The van der Waals surface area contributed by atoms with Gasteiger partial charge >= 0.3 is 0 Å². The Morgan fingerprint density at radius 2 is 2.00 bits per heavy atom. The summed E-state index contributed by atoms with van der Waals surface area (Å²) in [7, 11) is 0. The lowest BCUT2D eigenvalue weighted by molar-refractivity contribution is -0.128. The van der Waals surface area contributed by atoms with E-state index in [4.69, 9.17) is 27.9 Å². The van der Waals surface area contributed by atoms with Crippen LogP contribution in [0.15, 0.2) is 29.5 Å². The number of hydrogen-bond acceptors (Lipinski definition) is 4. The number of benzene rings is 1. The number of rotatable bonds is 15. The van der Waals surface area contributed by atoms with Crippen LogP contribution in [-0.2, 0) is 20.7 Å². The van der Waals surface area contributed by atoms with Crippen LogP contribution in [0.4, 0.5) is 0 Å². The molecule has 1 unspecified atom stereocenters. The zero-order chi connectivity index (χ0) is 24.2. The van der Waals surface area contributed by atoms with Crippen molar-refractivity contribution in [3.05, 3.63) is 45.1 Å². The number of unbranched alkanes of at least 4 members (excludes halogenated alkanes) is 1. The van der Waals surface area contributed by atoms with E-state index in [1.165, 1.54) is 24.2 Å². The van der Waals surface area contributed by atoms with Gasteiger partial charge in [-0.25, -0.2) is 0 Å². The fourth-order valence-electron chi connectivity index (χ4n) is 3.78. The lowest BCUT2D eigenvalue weighted by Crippen LogP contribution is -2.31. The molecule has 6 nitrogen and oxygen atoms in total. The Labute approximate surface area is 207 Å². The largest absolute Gasteiger partial charge is 0.503 e. The zero-order valence-electron chi connectivity index (χ0n) is 19.7. The van der Waals surface area contributed by atoms with Gasteiger partial charge in [0.05, 0.1) is 22.2 Å². The third-order valence-corrected chi connectivity index (χ3v) is 6.66. The molecule has 0 radical (unpaired) electrons. The van der Waals surface area contributed by atoms with Gasteiger partial charge in [0.25, 0.3) is 11.8 Å². The Bertz CT molecular complexity index is 829. The number of carbonyl (C=O) groups excluding carboxylic acids is 2. The van der Waals surface area contributed by atoms with Crippen molar-refractivity contribution in [3.8, 4) is 0 Å². The van der Waals surface area contributed by atoms with Crippen LogP contribution in [0.1, 0.15) is 57.9 Å². The zero-order valence-corrected chi connectivity index (χ0v) is 21.2. The van der Waals surface area contributed by atoms with E-state index in [0.29, 0.717) is 48.5 Å². The van der Waals surface area contributed by atoms with Gasteiger partial charge in [-0.3, -0.25) is 9.59 Å². The van der Waals surface area contributed by atoms with Gasteiger partial charge in [-0.1, -0.05) is 62.4 Å². The normalized spacial score (nSPS) is 14.8.